The summed E-state index contributed by atoms with van der Waals surface area (Å²) in [5, 5.41) is 0. The molecule has 1 aromatic rings. The van der Waals surface area contributed by atoms with Crippen molar-refractivity contribution in [3.05, 3.63) is 54.6 Å². The van der Waals surface area contributed by atoms with Crippen molar-refractivity contribution in [2.45, 2.75) is 30.9 Å². The lowest BCUT2D eigenvalue weighted by molar-refractivity contribution is 0.152. The molecule has 2 rings (SSSR count). The summed E-state index contributed by atoms with van der Waals surface area (Å²) in [5.41, 5.74) is 0.935. The molecule has 0 saturated carbocycles. The molecule has 1 fully saturated rings. The van der Waals surface area contributed by atoms with Crippen molar-refractivity contribution >= 4 is 16.1 Å². The van der Waals surface area contributed by atoms with Crippen LogP contribution in [0.25, 0.3) is 0 Å². The number of nitrogens with zero attached hydrogens (tertiary/aromatic N) is 1. The van der Waals surface area contributed by atoms with Crippen LogP contribution in [-0.2, 0) is 14.8 Å². The van der Waals surface area contributed by atoms with Crippen molar-refractivity contribution < 1.29 is 17.9 Å². The van der Waals surface area contributed by atoms with Gasteiger partial charge in [-0.2, -0.15) is 4.31 Å². The van der Waals surface area contributed by atoms with E-state index in [4.69, 9.17) is 4.74 Å². The second-order valence-corrected chi connectivity index (χ2v) is 6.53. The number of hydrogen-bond donors (Lipinski definition) is 0. The number of carbonyl (C=O) groups is 1. The summed E-state index contributed by atoms with van der Waals surface area (Å²) in [6.45, 7) is 7.23. The summed E-state index contributed by atoms with van der Waals surface area (Å²) < 4.78 is 31.1. The summed E-state index contributed by atoms with van der Waals surface area (Å²) in [6.07, 6.45) is 3.20. The second kappa shape index (κ2) is 5.73. The predicted molar refractivity (Wildman–Crippen MR) is 79.3 cm³/mol. The Balaban J connectivity index is 2.45. The average molecular weight is 307 g/mol. The van der Waals surface area contributed by atoms with Crippen LogP contribution in [0.3, 0.4) is 0 Å². The van der Waals surface area contributed by atoms with Gasteiger partial charge < -0.3 is 4.74 Å². The fourth-order valence-electron chi connectivity index (χ4n) is 2.15. The first-order valence-electron chi connectivity index (χ1n) is 6.49. The van der Waals surface area contributed by atoms with Crippen molar-refractivity contribution in [1.82, 2.24) is 4.31 Å². The third-order valence-corrected chi connectivity index (χ3v) is 5.00. The van der Waals surface area contributed by atoms with E-state index in [9.17, 15) is 13.2 Å². The highest BCUT2D eigenvalue weighted by Gasteiger charge is 2.46. The quantitative estimate of drug-likeness (QED) is 0.802. The van der Waals surface area contributed by atoms with Crippen LogP contribution in [0.15, 0.2) is 54.0 Å². The second-order valence-electron chi connectivity index (χ2n) is 4.71. The highest BCUT2D eigenvalue weighted by molar-refractivity contribution is 7.89. The van der Waals surface area contributed by atoms with Crippen molar-refractivity contribution in [3.63, 3.8) is 0 Å². The largest absolute Gasteiger partial charge is 0.439 e. The van der Waals surface area contributed by atoms with Crippen LogP contribution in [0.5, 0.6) is 0 Å². The predicted octanol–water partition coefficient (Wildman–Crippen LogP) is 2.64. The van der Waals surface area contributed by atoms with E-state index in [0.717, 1.165) is 9.87 Å². The van der Waals surface area contributed by atoms with E-state index in [1.54, 1.807) is 31.2 Å². The first-order chi connectivity index (χ1) is 9.91. The molecule has 0 aromatic heterocycles. The number of carbonyl (C=O) groups excluding carboxylic acids is 1. The molecule has 1 saturated heterocycles. The van der Waals surface area contributed by atoms with Gasteiger partial charge >= 0.3 is 6.09 Å². The van der Waals surface area contributed by atoms with Crippen LogP contribution in [0.4, 0.5) is 4.79 Å². The van der Waals surface area contributed by atoms with Crippen LogP contribution in [0, 0.1) is 6.92 Å². The van der Waals surface area contributed by atoms with Crippen molar-refractivity contribution in [2.24, 2.45) is 0 Å². The van der Waals surface area contributed by atoms with Crippen molar-refractivity contribution in [3.8, 4) is 0 Å². The molecule has 2 atom stereocenters. The van der Waals surface area contributed by atoms with Crippen LogP contribution in [0.2, 0.25) is 0 Å². The lowest BCUT2D eigenvalue weighted by atomic mass is 10.1. The van der Waals surface area contributed by atoms with Gasteiger partial charge in [0, 0.05) is 0 Å². The van der Waals surface area contributed by atoms with Crippen LogP contribution >= 0.6 is 0 Å². The van der Waals surface area contributed by atoms with Gasteiger partial charge in [-0.1, -0.05) is 29.8 Å². The van der Waals surface area contributed by atoms with Gasteiger partial charge in [0.15, 0.2) is 0 Å². The lowest BCUT2D eigenvalue weighted by Gasteiger charge is -2.20. The third-order valence-electron chi connectivity index (χ3n) is 3.23. The zero-order valence-electron chi connectivity index (χ0n) is 11.9. The number of sulfonamides is 1. The Kier molecular flexibility index (Phi) is 4.18. The Hall–Kier alpha value is -2.08. The van der Waals surface area contributed by atoms with Gasteiger partial charge in [0.1, 0.15) is 12.1 Å². The molecular formula is C15H17NO4S. The normalized spacial score (nSPS) is 22.6. The number of hydrogen-bond acceptors (Lipinski definition) is 4. The molecule has 1 aliphatic heterocycles. The molecule has 0 spiro atoms. The molecule has 1 amide bonds. The smallest absolute Gasteiger partial charge is 0.425 e. The average Bonchev–Trinajstić information content (AvgIpc) is 2.76. The maximum absolute atomic E-state index is 12.6. The van der Waals surface area contributed by atoms with Gasteiger partial charge in [0.2, 0.25) is 0 Å². The summed E-state index contributed by atoms with van der Waals surface area (Å²) in [4.78, 5) is 12.0. The molecule has 0 N–H and O–H groups in total. The van der Waals surface area contributed by atoms with Gasteiger partial charge in [-0.05, 0) is 32.1 Å². The van der Waals surface area contributed by atoms with E-state index < -0.39 is 28.3 Å². The highest BCUT2D eigenvalue weighted by atomic mass is 32.2. The van der Waals surface area contributed by atoms with E-state index in [0.29, 0.717) is 0 Å². The molecule has 1 aromatic carbocycles. The van der Waals surface area contributed by atoms with E-state index in [-0.39, 0.29) is 4.90 Å². The molecular weight excluding hydrogens is 290 g/mol. The molecule has 6 heteroatoms. The van der Waals surface area contributed by atoms with Crippen molar-refractivity contribution in [2.75, 3.05) is 0 Å². The minimum Gasteiger partial charge on any atom is -0.439 e. The summed E-state index contributed by atoms with van der Waals surface area (Å²) in [7, 11) is -3.96. The SMILES string of the molecule is C=C[C@H]1[C@H](/C=C/C)OC(=O)N1S(=O)(=O)c1ccc(C)cc1. The standard InChI is InChI=1S/C15H17NO4S/c1-4-6-14-13(5-2)16(15(17)20-14)21(18,19)12-9-7-11(3)8-10-12/h4-10,13-14H,2H2,1,3H3/b6-4+/t13-,14-/m0/s1. The monoisotopic (exact) mass is 307 g/mol. The highest BCUT2D eigenvalue weighted by Crippen LogP contribution is 2.28. The number of benzene rings is 1. The number of rotatable bonds is 4. The first kappa shape index (κ1) is 15.3. The van der Waals surface area contributed by atoms with E-state index >= 15 is 0 Å². The maximum Gasteiger partial charge on any atom is 0.425 e. The number of aryl methyl sites for hydroxylation is 1. The van der Waals surface area contributed by atoms with E-state index in [1.807, 2.05) is 6.92 Å². The Morgan fingerprint density at radius 2 is 1.90 bits per heavy atom. The molecule has 0 radical (unpaired) electrons. The molecule has 0 aliphatic carbocycles. The van der Waals surface area contributed by atoms with Crippen LogP contribution in [-0.4, -0.2) is 31.0 Å². The van der Waals surface area contributed by atoms with E-state index in [2.05, 4.69) is 6.58 Å². The Morgan fingerprint density at radius 3 is 2.43 bits per heavy atom. The number of allylic oxidation sites excluding steroid dienone is 1. The fourth-order valence-corrected chi connectivity index (χ4v) is 3.62. The van der Waals surface area contributed by atoms with Gasteiger partial charge in [-0.15, -0.1) is 6.58 Å². The topological polar surface area (TPSA) is 63.7 Å². The zero-order valence-corrected chi connectivity index (χ0v) is 12.7. The zero-order chi connectivity index (χ0) is 15.6. The molecule has 0 unspecified atom stereocenters. The number of ether oxygens (including phenoxy) is 1. The Labute approximate surface area is 124 Å². The molecule has 1 aliphatic rings. The molecule has 112 valence electrons. The van der Waals surface area contributed by atoms with Gasteiger partial charge in [0.05, 0.1) is 4.90 Å². The molecule has 5 nitrogen and oxygen atoms in total. The third kappa shape index (κ3) is 2.71. The molecule has 1 heterocycles. The van der Waals surface area contributed by atoms with Crippen LogP contribution < -0.4 is 0 Å². The van der Waals surface area contributed by atoms with Crippen LogP contribution in [0.1, 0.15) is 12.5 Å². The number of cyclic esters (lactones) is 1. The minimum absolute atomic E-state index is 0.0537. The summed E-state index contributed by atoms with van der Waals surface area (Å²) in [5.74, 6) is 0. The van der Waals surface area contributed by atoms with Gasteiger partial charge in [-0.25, -0.2) is 13.2 Å². The maximum atomic E-state index is 12.6. The molecule has 0 bridgehead atoms. The molecule has 21 heavy (non-hydrogen) atoms. The summed E-state index contributed by atoms with van der Waals surface area (Å²) in [6, 6.07) is 5.56. The van der Waals surface area contributed by atoms with Gasteiger partial charge in [0.25, 0.3) is 10.0 Å². The Bertz CT molecular complexity index is 676. The first-order valence-corrected chi connectivity index (χ1v) is 7.93. The fraction of sp³-hybridized carbons (Fsp3) is 0.267. The Morgan fingerprint density at radius 1 is 1.29 bits per heavy atom. The lowest BCUT2D eigenvalue weighted by Crippen LogP contribution is -2.39. The van der Waals surface area contributed by atoms with Crippen molar-refractivity contribution in [1.29, 1.82) is 0 Å². The number of amides is 1. The minimum atomic E-state index is -3.96. The van der Waals surface area contributed by atoms with E-state index in [1.165, 1.54) is 18.2 Å². The summed E-state index contributed by atoms with van der Waals surface area (Å²) >= 11 is 0. The van der Waals surface area contributed by atoms with Gasteiger partial charge in [-0.3, -0.25) is 0 Å².